The van der Waals surface area contributed by atoms with E-state index in [4.69, 9.17) is 15.0 Å². The monoisotopic (exact) mass is 684 g/mol. The maximum absolute atomic E-state index is 5.19. The summed E-state index contributed by atoms with van der Waals surface area (Å²) in [6.07, 6.45) is 0. The molecule has 246 valence electrons. The minimum absolute atomic E-state index is 0.475. The fourth-order valence-corrected chi connectivity index (χ4v) is 9.31. The van der Waals surface area contributed by atoms with Crippen LogP contribution in [0.5, 0.6) is 0 Å². The van der Waals surface area contributed by atoms with Gasteiger partial charge in [0.15, 0.2) is 17.5 Å². The zero-order valence-corrected chi connectivity index (χ0v) is 29.5. The number of aryl methyl sites for hydroxylation is 2. The second kappa shape index (κ2) is 12.0. The Morgan fingerprint density at radius 3 is 1.58 bits per heavy atom. The van der Waals surface area contributed by atoms with Crippen molar-refractivity contribution in [2.75, 3.05) is 0 Å². The second-order valence-electron chi connectivity index (χ2n) is 13.5. The van der Waals surface area contributed by atoms with Crippen LogP contribution in [0.4, 0.5) is 0 Å². The maximum Gasteiger partial charge on any atom is 0.164 e. The molecule has 0 saturated carbocycles. The van der Waals surface area contributed by atoms with Gasteiger partial charge in [-0.1, -0.05) is 145 Å². The van der Waals surface area contributed by atoms with Crippen molar-refractivity contribution in [3.05, 3.63) is 191 Å². The fraction of sp³-hybridized carbons (Fsp3) is 0.0638. The number of hydrogen-bond acceptors (Lipinski definition) is 5. The van der Waals surface area contributed by atoms with Gasteiger partial charge in [-0.05, 0) is 77.1 Å². The molecular formula is C47H32N4S. The first-order valence-corrected chi connectivity index (χ1v) is 18.4. The molecule has 6 aromatic carbocycles. The Bertz CT molecular complexity index is 2640. The Balaban J connectivity index is 1.17. The van der Waals surface area contributed by atoms with Gasteiger partial charge in [-0.15, -0.1) is 0 Å². The minimum atomic E-state index is -0.475. The Labute approximate surface area is 307 Å². The average Bonchev–Trinajstić information content (AvgIpc) is 3.49. The number of nitrogens with zero attached hydrogens (tertiary/aromatic N) is 4. The third-order valence-electron chi connectivity index (χ3n) is 10.5. The first kappa shape index (κ1) is 30.6. The lowest BCUT2D eigenvalue weighted by atomic mass is 9.67. The number of rotatable bonds is 4. The van der Waals surface area contributed by atoms with Crippen molar-refractivity contribution in [1.82, 2.24) is 19.9 Å². The Hall–Kier alpha value is -6.17. The maximum atomic E-state index is 5.19. The van der Waals surface area contributed by atoms with Crippen LogP contribution in [0.3, 0.4) is 0 Å². The molecule has 1 aliphatic carbocycles. The molecule has 1 spiro atoms. The third-order valence-corrected chi connectivity index (χ3v) is 11.6. The lowest BCUT2D eigenvalue weighted by Gasteiger charge is -2.39. The number of aromatic nitrogens is 4. The molecule has 0 saturated heterocycles. The van der Waals surface area contributed by atoms with Crippen molar-refractivity contribution >= 4 is 11.8 Å². The van der Waals surface area contributed by atoms with Crippen LogP contribution in [0.2, 0.25) is 0 Å². The summed E-state index contributed by atoms with van der Waals surface area (Å²) in [5.74, 6) is 1.93. The third kappa shape index (κ3) is 4.70. The van der Waals surface area contributed by atoms with Gasteiger partial charge in [-0.2, -0.15) is 0 Å². The molecule has 52 heavy (non-hydrogen) atoms. The number of fused-ring (bicyclic) bond motifs is 9. The summed E-state index contributed by atoms with van der Waals surface area (Å²) in [7, 11) is 0. The number of benzene rings is 6. The largest absolute Gasteiger partial charge is 0.258 e. The Morgan fingerprint density at radius 2 is 0.904 bits per heavy atom. The zero-order valence-electron chi connectivity index (χ0n) is 28.7. The molecule has 5 heteroatoms. The van der Waals surface area contributed by atoms with E-state index in [0.29, 0.717) is 17.5 Å². The molecule has 2 aliphatic rings. The summed E-state index contributed by atoms with van der Waals surface area (Å²) in [6.45, 7) is 4.08. The highest BCUT2D eigenvalue weighted by Gasteiger charge is 2.50. The molecule has 8 aromatic rings. The lowest BCUT2D eigenvalue weighted by Crippen LogP contribution is -2.32. The van der Waals surface area contributed by atoms with Crippen molar-refractivity contribution in [3.63, 3.8) is 0 Å². The van der Waals surface area contributed by atoms with E-state index in [-0.39, 0.29) is 0 Å². The fourth-order valence-electron chi connectivity index (χ4n) is 8.14. The topological polar surface area (TPSA) is 51.6 Å². The highest BCUT2D eigenvalue weighted by Crippen LogP contribution is 2.62. The van der Waals surface area contributed by atoms with Crippen molar-refractivity contribution in [2.24, 2.45) is 0 Å². The highest BCUT2D eigenvalue weighted by atomic mass is 32.2. The smallest absolute Gasteiger partial charge is 0.164 e. The quantitative estimate of drug-likeness (QED) is 0.185. The molecule has 1 aliphatic heterocycles. The van der Waals surface area contributed by atoms with E-state index in [1.807, 2.05) is 36.9 Å². The van der Waals surface area contributed by atoms with Gasteiger partial charge < -0.3 is 0 Å². The summed E-state index contributed by atoms with van der Waals surface area (Å²) in [6, 6.07) is 56.3. The van der Waals surface area contributed by atoms with Gasteiger partial charge in [0.2, 0.25) is 0 Å². The highest BCUT2D eigenvalue weighted by molar-refractivity contribution is 7.99. The summed E-state index contributed by atoms with van der Waals surface area (Å²) in [4.78, 5) is 22.6. The van der Waals surface area contributed by atoms with E-state index < -0.39 is 5.41 Å². The van der Waals surface area contributed by atoms with Crippen LogP contribution in [-0.4, -0.2) is 19.9 Å². The first-order chi connectivity index (χ1) is 25.6. The van der Waals surface area contributed by atoms with E-state index in [1.165, 1.54) is 43.2 Å². The van der Waals surface area contributed by atoms with Crippen molar-refractivity contribution in [2.45, 2.75) is 29.1 Å². The van der Waals surface area contributed by atoms with E-state index in [0.717, 1.165) is 39.2 Å². The molecule has 0 radical (unpaired) electrons. The van der Waals surface area contributed by atoms with Gasteiger partial charge in [-0.25, -0.2) is 15.0 Å². The van der Waals surface area contributed by atoms with Crippen LogP contribution in [-0.2, 0) is 5.41 Å². The average molecular weight is 685 g/mol. The molecule has 2 aromatic heterocycles. The number of hydrogen-bond donors (Lipinski definition) is 0. The standard InChI is InChI=1S/C47H32N4S/c1-29-20-26-35(30(2)48-29)31-21-23-33(24-22-31)45-49-44(32-12-4-3-5-13-32)50-46(51-45)34-25-27-43-41(28-34)47(40-18-10-11-19-42(40)52-43)38-16-8-6-14-36(38)37-15-7-9-17-39(37)47/h3-28H,1-2H3. The predicted octanol–water partition coefficient (Wildman–Crippen LogP) is 11.4. The summed E-state index contributed by atoms with van der Waals surface area (Å²) < 4.78 is 0. The van der Waals surface area contributed by atoms with Gasteiger partial charge in [0, 0.05) is 43.4 Å². The molecule has 0 fully saturated rings. The van der Waals surface area contributed by atoms with Crippen molar-refractivity contribution in [3.8, 4) is 56.4 Å². The van der Waals surface area contributed by atoms with Crippen LogP contribution in [0, 0.1) is 13.8 Å². The van der Waals surface area contributed by atoms with Crippen LogP contribution < -0.4 is 0 Å². The van der Waals surface area contributed by atoms with Gasteiger partial charge in [0.25, 0.3) is 0 Å². The Kier molecular flexibility index (Phi) is 7.05. The molecular weight excluding hydrogens is 653 g/mol. The van der Waals surface area contributed by atoms with Crippen LogP contribution in [0.15, 0.2) is 168 Å². The van der Waals surface area contributed by atoms with Crippen molar-refractivity contribution < 1.29 is 0 Å². The van der Waals surface area contributed by atoms with E-state index in [9.17, 15) is 0 Å². The van der Waals surface area contributed by atoms with Gasteiger partial charge >= 0.3 is 0 Å². The molecule has 0 unspecified atom stereocenters. The van der Waals surface area contributed by atoms with Crippen molar-refractivity contribution in [1.29, 1.82) is 0 Å². The normalized spacial score (nSPS) is 13.3. The minimum Gasteiger partial charge on any atom is -0.258 e. The lowest BCUT2D eigenvalue weighted by molar-refractivity contribution is 0.722. The second-order valence-corrected chi connectivity index (χ2v) is 14.6. The summed E-state index contributed by atoms with van der Waals surface area (Å²) in [5, 5.41) is 0. The van der Waals surface area contributed by atoms with Crippen LogP contribution in [0.25, 0.3) is 56.4 Å². The van der Waals surface area contributed by atoms with Gasteiger partial charge in [-0.3, -0.25) is 4.98 Å². The van der Waals surface area contributed by atoms with Crippen LogP contribution in [0.1, 0.15) is 33.6 Å². The molecule has 0 atom stereocenters. The molecule has 4 nitrogen and oxygen atoms in total. The summed E-state index contributed by atoms with van der Waals surface area (Å²) in [5.41, 5.74) is 14.4. The molecule has 0 N–H and O–H groups in total. The Morgan fingerprint density at radius 1 is 0.385 bits per heavy atom. The summed E-state index contributed by atoms with van der Waals surface area (Å²) >= 11 is 1.84. The van der Waals surface area contributed by atoms with Gasteiger partial charge in [0.05, 0.1) is 5.41 Å². The molecule has 3 heterocycles. The van der Waals surface area contributed by atoms with E-state index >= 15 is 0 Å². The zero-order chi connectivity index (χ0) is 34.8. The first-order valence-electron chi connectivity index (χ1n) is 17.6. The van der Waals surface area contributed by atoms with E-state index in [1.54, 1.807) is 0 Å². The van der Waals surface area contributed by atoms with E-state index in [2.05, 4.69) is 151 Å². The molecule has 0 bridgehead atoms. The molecule has 10 rings (SSSR count). The molecule has 0 amide bonds. The SMILES string of the molecule is Cc1ccc(-c2ccc(-c3nc(-c4ccccc4)nc(-c4ccc5c(c4)C4(c6ccccc6S5)c5ccccc5-c5ccccc54)n3)cc2)c(C)n1. The van der Waals surface area contributed by atoms with Gasteiger partial charge in [0.1, 0.15) is 0 Å². The number of pyridine rings is 1. The predicted molar refractivity (Wildman–Crippen MR) is 210 cm³/mol. The van der Waals surface area contributed by atoms with Crippen LogP contribution >= 0.6 is 11.8 Å².